The second kappa shape index (κ2) is 8.10. The molecule has 0 atom stereocenters. The predicted molar refractivity (Wildman–Crippen MR) is 105 cm³/mol. The molecule has 0 unspecified atom stereocenters. The molecule has 3 nitrogen and oxygen atoms in total. The average Bonchev–Trinajstić information content (AvgIpc) is 3.02. The fourth-order valence-corrected chi connectivity index (χ4v) is 3.41. The number of aromatic nitrogens is 1. The standard InChI is InChI=1S/C20H17ClN2OS/c1-14-5-4-6-15(11-14)9-10-19(24)23-20-22-13-17(25-20)12-16-7-2-3-8-18(16)21/h2-11,13H,12H2,1H3,(H,22,23,24). The lowest BCUT2D eigenvalue weighted by atomic mass is 10.1. The molecule has 0 saturated heterocycles. The minimum absolute atomic E-state index is 0.194. The van der Waals surface area contributed by atoms with E-state index in [0.29, 0.717) is 11.6 Å². The summed E-state index contributed by atoms with van der Waals surface area (Å²) in [6.07, 6.45) is 5.78. The van der Waals surface area contributed by atoms with E-state index >= 15 is 0 Å². The lowest BCUT2D eigenvalue weighted by molar-refractivity contribution is -0.111. The summed E-state index contributed by atoms with van der Waals surface area (Å²) in [5.74, 6) is -0.194. The lowest BCUT2D eigenvalue weighted by Gasteiger charge is -2.00. The molecule has 1 N–H and O–H groups in total. The van der Waals surface area contributed by atoms with Gasteiger partial charge in [-0.2, -0.15) is 0 Å². The van der Waals surface area contributed by atoms with E-state index in [9.17, 15) is 4.79 Å². The number of rotatable bonds is 5. The first-order chi connectivity index (χ1) is 12.1. The molecule has 25 heavy (non-hydrogen) atoms. The van der Waals surface area contributed by atoms with E-state index in [0.717, 1.165) is 26.6 Å². The molecule has 0 aliphatic heterocycles. The second-order valence-electron chi connectivity index (χ2n) is 5.64. The van der Waals surface area contributed by atoms with Gasteiger partial charge >= 0.3 is 0 Å². The summed E-state index contributed by atoms with van der Waals surface area (Å²) in [6, 6.07) is 15.7. The van der Waals surface area contributed by atoms with Gasteiger partial charge in [0, 0.05) is 28.6 Å². The Bertz CT molecular complexity index is 917. The highest BCUT2D eigenvalue weighted by Crippen LogP contribution is 2.24. The van der Waals surface area contributed by atoms with Crippen molar-refractivity contribution in [1.82, 2.24) is 4.98 Å². The van der Waals surface area contributed by atoms with Gasteiger partial charge in [0.15, 0.2) is 5.13 Å². The molecule has 1 heterocycles. The first-order valence-corrected chi connectivity index (χ1v) is 9.03. The van der Waals surface area contributed by atoms with Gasteiger partial charge in [-0.25, -0.2) is 4.98 Å². The monoisotopic (exact) mass is 368 g/mol. The summed E-state index contributed by atoms with van der Waals surface area (Å²) in [4.78, 5) is 17.3. The molecule has 0 fully saturated rings. The first kappa shape index (κ1) is 17.4. The molecule has 0 aliphatic rings. The first-order valence-electron chi connectivity index (χ1n) is 7.84. The number of nitrogens with one attached hydrogen (secondary N) is 1. The van der Waals surface area contributed by atoms with Gasteiger partial charge in [-0.1, -0.05) is 59.6 Å². The summed E-state index contributed by atoms with van der Waals surface area (Å²) in [5, 5.41) is 4.12. The Balaban J connectivity index is 1.61. The predicted octanol–water partition coefficient (Wildman–Crippen LogP) is 5.35. The molecule has 0 radical (unpaired) electrons. The Labute approximate surface area is 156 Å². The smallest absolute Gasteiger partial charge is 0.250 e. The van der Waals surface area contributed by atoms with Gasteiger partial charge in [0.2, 0.25) is 5.91 Å². The van der Waals surface area contributed by atoms with Gasteiger partial charge in [0.1, 0.15) is 0 Å². The molecular weight excluding hydrogens is 352 g/mol. The fourth-order valence-electron chi connectivity index (χ4n) is 2.37. The summed E-state index contributed by atoms with van der Waals surface area (Å²) < 4.78 is 0. The number of nitrogens with zero attached hydrogens (tertiary/aromatic N) is 1. The van der Waals surface area contributed by atoms with Crippen molar-refractivity contribution < 1.29 is 4.79 Å². The second-order valence-corrected chi connectivity index (χ2v) is 7.16. The summed E-state index contributed by atoms with van der Waals surface area (Å²) in [6.45, 7) is 2.02. The third-order valence-electron chi connectivity index (χ3n) is 3.58. The number of benzene rings is 2. The van der Waals surface area contributed by atoms with E-state index in [1.165, 1.54) is 17.4 Å². The summed E-state index contributed by atoms with van der Waals surface area (Å²) in [5.41, 5.74) is 3.20. The average molecular weight is 369 g/mol. The van der Waals surface area contributed by atoms with Gasteiger partial charge < -0.3 is 0 Å². The molecular formula is C20H17ClN2OS. The van der Waals surface area contributed by atoms with Crippen molar-refractivity contribution in [1.29, 1.82) is 0 Å². The van der Waals surface area contributed by atoms with Crippen LogP contribution in [0.4, 0.5) is 5.13 Å². The van der Waals surface area contributed by atoms with Crippen LogP contribution in [-0.4, -0.2) is 10.9 Å². The fraction of sp³-hybridized carbons (Fsp3) is 0.100. The number of hydrogen-bond donors (Lipinski definition) is 1. The Morgan fingerprint density at radius 1 is 1.24 bits per heavy atom. The van der Waals surface area contributed by atoms with E-state index < -0.39 is 0 Å². The minimum Gasteiger partial charge on any atom is -0.298 e. The molecule has 2 aromatic carbocycles. The number of amides is 1. The molecule has 126 valence electrons. The van der Waals surface area contributed by atoms with E-state index in [-0.39, 0.29) is 5.91 Å². The van der Waals surface area contributed by atoms with Crippen molar-refractivity contribution in [2.24, 2.45) is 0 Å². The molecule has 0 bridgehead atoms. The Kier molecular flexibility index (Phi) is 5.64. The van der Waals surface area contributed by atoms with Crippen LogP contribution in [0.2, 0.25) is 5.02 Å². The molecule has 0 spiro atoms. The van der Waals surface area contributed by atoms with Crippen molar-refractivity contribution in [3.63, 3.8) is 0 Å². The van der Waals surface area contributed by atoms with Crippen LogP contribution in [0.15, 0.2) is 60.8 Å². The van der Waals surface area contributed by atoms with Gasteiger partial charge in [0.25, 0.3) is 0 Å². The van der Waals surface area contributed by atoms with Crippen LogP contribution in [0.25, 0.3) is 6.08 Å². The SMILES string of the molecule is Cc1cccc(C=CC(=O)Nc2ncc(Cc3ccccc3Cl)s2)c1. The maximum atomic E-state index is 12.0. The van der Waals surface area contributed by atoms with E-state index in [1.807, 2.05) is 55.5 Å². The number of aryl methyl sites for hydroxylation is 1. The number of hydrogen-bond acceptors (Lipinski definition) is 3. The van der Waals surface area contributed by atoms with Gasteiger partial charge in [0.05, 0.1) is 0 Å². The molecule has 1 amide bonds. The highest BCUT2D eigenvalue weighted by molar-refractivity contribution is 7.15. The third-order valence-corrected chi connectivity index (χ3v) is 4.86. The highest BCUT2D eigenvalue weighted by atomic mass is 35.5. The zero-order chi connectivity index (χ0) is 17.6. The van der Waals surface area contributed by atoms with E-state index in [1.54, 1.807) is 12.3 Å². The number of carbonyl (C=O) groups excluding carboxylic acids is 1. The molecule has 1 aromatic heterocycles. The Morgan fingerprint density at radius 2 is 2.08 bits per heavy atom. The van der Waals surface area contributed by atoms with Crippen LogP contribution < -0.4 is 5.32 Å². The molecule has 0 aliphatic carbocycles. The maximum Gasteiger partial charge on any atom is 0.250 e. The highest BCUT2D eigenvalue weighted by Gasteiger charge is 2.07. The minimum atomic E-state index is -0.194. The number of anilines is 1. The van der Waals surface area contributed by atoms with Crippen molar-refractivity contribution >= 4 is 40.1 Å². The van der Waals surface area contributed by atoms with Crippen LogP contribution in [0.3, 0.4) is 0 Å². The van der Waals surface area contributed by atoms with Crippen molar-refractivity contribution in [3.8, 4) is 0 Å². The summed E-state index contributed by atoms with van der Waals surface area (Å²) >= 11 is 7.63. The normalized spacial score (nSPS) is 11.0. The molecule has 5 heteroatoms. The van der Waals surface area contributed by atoms with Crippen molar-refractivity contribution in [2.75, 3.05) is 5.32 Å². The van der Waals surface area contributed by atoms with Crippen LogP contribution >= 0.6 is 22.9 Å². The van der Waals surface area contributed by atoms with Crippen molar-refractivity contribution in [2.45, 2.75) is 13.3 Å². The van der Waals surface area contributed by atoms with Crippen LogP contribution in [0.5, 0.6) is 0 Å². The maximum absolute atomic E-state index is 12.0. The van der Waals surface area contributed by atoms with Crippen molar-refractivity contribution in [3.05, 3.63) is 87.4 Å². The van der Waals surface area contributed by atoms with Crippen LogP contribution in [0, 0.1) is 6.92 Å². The van der Waals surface area contributed by atoms with E-state index in [2.05, 4.69) is 10.3 Å². The Hall–Kier alpha value is -2.43. The molecule has 3 aromatic rings. The number of thiazole rings is 1. The Morgan fingerprint density at radius 3 is 2.88 bits per heavy atom. The number of carbonyl (C=O) groups is 1. The topological polar surface area (TPSA) is 42.0 Å². The molecule has 0 saturated carbocycles. The van der Waals surface area contributed by atoms with E-state index in [4.69, 9.17) is 11.6 Å². The number of halogens is 1. The van der Waals surface area contributed by atoms with Gasteiger partial charge in [-0.3, -0.25) is 10.1 Å². The van der Waals surface area contributed by atoms with Crippen LogP contribution in [-0.2, 0) is 11.2 Å². The largest absolute Gasteiger partial charge is 0.298 e. The zero-order valence-electron chi connectivity index (χ0n) is 13.7. The zero-order valence-corrected chi connectivity index (χ0v) is 15.3. The lowest BCUT2D eigenvalue weighted by Crippen LogP contribution is -2.07. The molecule has 3 rings (SSSR count). The van der Waals surface area contributed by atoms with Gasteiger partial charge in [-0.05, 0) is 30.2 Å². The summed E-state index contributed by atoms with van der Waals surface area (Å²) in [7, 11) is 0. The van der Waals surface area contributed by atoms with Gasteiger partial charge in [-0.15, -0.1) is 11.3 Å². The van der Waals surface area contributed by atoms with Crippen LogP contribution in [0.1, 0.15) is 21.6 Å². The third kappa shape index (κ3) is 5.02. The quantitative estimate of drug-likeness (QED) is 0.617.